The second kappa shape index (κ2) is 12.6. The van der Waals surface area contributed by atoms with Crippen LogP contribution in [0.25, 0.3) is 11.0 Å². The number of nitrogens with zero attached hydrogens (tertiary/aromatic N) is 4. The van der Waals surface area contributed by atoms with Crippen molar-refractivity contribution in [2.24, 2.45) is 11.7 Å². The first kappa shape index (κ1) is 27.9. The SMILES string of the molecule is CCn1nc(C)cc1C(=O)Nc1nc2cc(C(N)=O)cc(OC)c2n1CCCNC(=O)NCC1CCOCC1. The number of nitrogens with one attached hydrogen (secondary N) is 3. The van der Waals surface area contributed by atoms with Gasteiger partial charge in [0.1, 0.15) is 17.0 Å². The summed E-state index contributed by atoms with van der Waals surface area (Å²) in [5.41, 5.74) is 7.92. The molecule has 2 aromatic heterocycles. The van der Waals surface area contributed by atoms with Gasteiger partial charge in [0.25, 0.3) is 5.91 Å². The Balaban J connectivity index is 1.51. The standard InChI is InChI=1S/C26H36N8O5/c1-4-34-20(12-16(2)32-34)24(36)31-25-30-19-13-18(23(27)35)14-21(38-3)22(19)33(25)9-5-8-28-26(37)29-15-17-6-10-39-11-7-17/h12-14,17H,4-11,15H2,1-3H3,(H2,27,35)(H2,28,29,37)(H,30,31,36). The lowest BCUT2D eigenvalue weighted by atomic mass is 10.0. The molecule has 3 heterocycles. The molecule has 0 atom stereocenters. The van der Waals surface area contributed by atoms with Crippen molar-refractivity contribution in [1.29, 1.82) is 0 Å². The highest BCUT2D eigenvalue weighted by atomic mass is 16.5. The molecule has 0 saturated carbocycles. The minimum absolute atomic E-state index is 0.225. The van der Waals surface area contributed by atoms with Crippen LogP contribution in [0.4, 0.5) is 10.7 Å². The molecule has 1 aromatic carbocycles. The third-order valence-corrected chi connectivity index (χ3v) is 6.71. The Kier molecular flexibility index (Phi) is 9.02. The first-order chi connectivity index (χ1) is 18.8. The zero-order valence-corrected chi connectivity index (χ0v) is 22.6. The molecule has 5 N–H and O–H groups in total. The van der Waals surface area contributed by atoms with Gasteiger partial charge in [-0.1, -0.05) is 0 Å². The van der Waals surface area contributed by atoms with E-state index in [1.165, 1.54) is 7.11 Å². The number of anilines is 1. The molecule has 1 aliphatic heterocycles. The summed E-state index contributed by atoms with van der Waals surface area (Å²) in [4.78, 5) is 41.9. The number of rotatable bonds is 11. The van der Waals surface area contributed by atoms with Crippen LogP contribution in [0.2, 0.25) is 0 Å². The summed E-state index contributed by atoms with van der Waals surface area (Å²) in [5, 5.41) is 13.0. The van der Waals surface area contributed by atoms with Gasteiger partial charge in [0.05, 0.1) is 18.3 Å². The summed E-state index contributed by atoms with van der Waals surface area (Å²) in [7, 11) is 1.49. The number of fused-ring (bicyclic) bond motifs is 1. The maximum Gasteiger partial charge on any atom is 0.314 e. The zero-order valence-electron chi connectivity index (χ0n) is 22.6. The number of hydrogen-bond donors (Lipinski definition) is 4. The number of nitrogens with two attached hydrogens (primary N) is 1. The molecule has 4 amide bonds. The van der Waals surface area contributed by atoms with Gasteiger partial charge < -0.3 is 30.4 Å². The van der Waals surface area contributed by atoms with Gasteiger partial charge in [0, 0.05) is 45.0 Å². The van der Waals surface area contributed by atoms with Crippen molar-refractivity contribution in [3.63, 3.8) is 0 Å². The Morgan fingerprint density at radius 2 is 1.95 bits per heavy atom. The monoisotopic (exact) mass is 540 g/mol. The molecular formula is C26H36N8O5. The zero-order chi connectivity index (χ0) is 27.9. The van der Waals surface area contributed by atoms with E-state index in [-0.39, 0.29) is 23.5 Å². The number of methoxy groups -OCH3 is 1. The van der Waals surface area contributed by atoms with E-state index in [9.17, 15) is 14.4 Å². The van der Waals surface area contributed by atoms with E-state index in [4.69, 9.17) is 15.2 Å². The van der Waals surface area contributed by atoms with Crippen molar-refractivity contribution in [2.75, 3.05) is 38.7 Å². The fourth-order valence-corrected chi connectivity index (χ4v) is 4.67. The first-order valence-corrected chi connectivity index (χ1v) is 13.1. The third kappa shape index (κ3) is 6.66. The predicted molar refractivity (Wildman–Crippen MR) is 145 cm³/mol. The van der Waals surface area contributed by atoms with Crippen molar-refractivity contribution < 1.29 is 23.9 Å². The van der Waals surface area contributed by atoms with E-state index >= 15 is 0 Å². The Morgan fingerprint density at radius 3 is 2.64 bits per heavy atom. The second-order valence-corrected chi connectivity index (χ2v) is 9.48. The largest absolute Gasteiger partial charge is 0.494 e. The number of aryl methyl sites for hydroxylation is 3. The van der Waals surface area contributed by atoms with E-state index in [1.807, 2.05) is 13.8 Å². The number of imidazole rings is 1. The molecule has 13 heteroatoms. The number of carbonyl (C=O) groups excluding carboxylic acids is 3. The molecule has 39 heavy (non-hydrogen) atoms. The number of urea groups is 1. The minimum Gasteiger partial charge on any atom is -0.494 e. The van der Waals surface area contributed by atoms with Gasteiger partial charge in [-0.15, -0.1) is 0 Å². The van der Waals surface area contributed by atoms with Gasteiger partial charge in [-0.3, -0.25) is 19.6 Å². The molecule has 1 aliphatic rings. The Hall–Kier alpha value is -4.13. The van der Waals surface area contributed by atoms with Crippen LogP contribution in [0.3, 0.4) is 0 Å². The summed E-state index contributed by atoms with van der Waals surface area (Å²) in [5.74, 6) is 0.118. The lowest BCUT2D eigenvalue weighted by molar-refractivity contribution is 0.0669. The molecule has 0 aliphatic carbocycles. The molecule has 0 spiro atoms. The maximum atomic E-state index is 13.2. The summed E-state index contributed by atoms with van der Waals surface area (Å²) >= 11 is 0. The van der Waals surface area contributed by atoms with E-state index in [2.05, 4.69) is 26.0 Å². The fraction of sp³-hybridized carbons (Fsp3) is 0.500. The summed E-state index contributed by atoms with van der Waals surface area (Å²) in [6.45, 7) is 7.15. The van der Waals surface area contributed by atoms with E-state index in [1.54, 1.807) is 27.4 Å². The van der Waals surface area contributed by atoms with Crippen molar-refractivity contribution >= 4 is 34.8 Å². The Labute approximate surface area is 226 Å². The third-order valence-electron chi connectivity index (χ3n) is 6.71. The van der Waals surface area contributed by atoms with Gasteiger partial charge in [-0.05, 0) is 57.2 Å². The molecule has 13 nitrogen and oxygen atoms in total. The number of ether oxygens (including phenoxy) is 2. The minimum atomic E-state index is -0.617. The molecule has 3 aromatic rings. The van der Waals surface area contributed by atoms with Crippen LogP contribution in [0.5, 0.6) is 5.75 Å². The quantitative estimate of drug-likeness (QED) is 0.270. The highest BCUT2D eigenvalue weighted by Crippen LogP contribution is 2.31. The molecule has 1 saturated heterocycles. The number of aromatic nitrogens is 4. The number of primary amides is 1. The number of hydrogen-bond acceptors (Lipinski definition) is 7. The predicted octanol–water partition coefficient (Wildman–Crippen LogP) is 2.04. The molecule has 0 radical (unpaired) electrons. The molecule has 0 unspecified atom stereocenters. The Morgan fingerprint density at radius 1 is 1.18 bits per heavy atom. The normalized spacial score (nSPS) is 13.8. The second-order valence-electron chi connectivity index (χ2n) is 9.48. The molecule has 210 valence electrons. The van der Waals surface area contributed by atoms with Gasteiger partial charge in [-0.2, -0.15) is 5.10 Å². The first-order valence-electron chi connectivity index (χ1n) is 13.1. The van der Waals surface area contributed by atoms with Crippen molar-refractivity contribution in [3.05, 3.63) is 35.2 Å². The lowest BCUT2D eigenvalue weighted by Gasteiger charge is -2.22. The van der Waals surface area contributed by atoms with E-state index < -0.39 is 5.91 Å². The summed E-state index contributed by atoms with van der Waals surface area (Å²) in [6.07, 6.45) is 2.44. The van der Waals surface area contributed by atoms with Crippen LogP contribution in [0.1, 0.15) is 52.7 Å². The van der Waals surface area contributed by atoms with E-state index in [0.29, 0.717) is 61.0 Å². The molecule has 1 fully saturated rings. The van der Waals surface area contributed by atoms with Crippen molar-refractivity contribution in [3.8, 4) is 5.75 Å². The molecular weight excluding hydrogens is 504 g/mol. The van der Waals surface area contributed by atoms with Gasteiger partial charge in [0.15, 0.2) is 0 Å². The van der Waals surface area contributed by atoms with Crippen LogP contribution in [-0.4, -0.2) is 70.6 Å². The highest BCUT2D eigenvalue weighted by Gasteiger charge is 2.21. The van der Waals surface area contributed by atoms with Crippen LogP contribution in [0.15, 0.2) is 18.2 Å². The van der Waals surface area contributed by atoms with E-state index in [0.717, 1.165) is 31.7 Å². The summed E-state index contributed by atoms with van der Waals surface area (Å²) in [6, 6.07) is 4.60. The van der Waals surface area contributed by atoms with Crippen molar-refractivity contribution in [1.82, 2.24) is 30.0 Å². The highest BCUT2D eigenvalue weighted by molar-refractivity contribution is 6.04. The lowest BCUT2D eigenvalue weighted by Crippen LogP contribution is -2.39. The van der Waals surface area contributed by atoms with Crippen LogP contribution < -0.4 is 26.4 Å². The van der Waals surface area contributed by atoms with Crippen LogP contribution in [0, 0.1) is 12.8 Å². The molecule has 4 rings (SSSR count). The van der Waals surface area contributed by atoms with Gasteiger partial charge >= 0.3 is 6.03 Å². The average Bonchev–Trinajstić information content (AvgIpc) is 3.49. The number of carbonyl (C=O) groups is 3. The smallest absolute Gasteiger partial charge is 0.314 e. The fourth-order valence-electron chi connectivity index (χ4n) is 4.67. The number of amides is 4. The van der Waals surface area contributed by atoms with Crippen LogP contribution >= 0.6 is 0 Å². The van der Waals surface area contributed by atoms with Gasteiger partial charge in [-0.25, -0.2) is 9.78 Å². The molecule has 0 bridgehead atoms. The average molecular weight is 541 g/mol. The summed E-state index contributed by atoms with van der Waals surface area (Å²) < 4.78 is 14.3. The maximum absolute atomic E-state index is 13.2. The Bertz CT molecular complexity index is 1340. The van der Waals surface area contributed by atoms with Crippen molar-refractivity contribution in [2.45, 2.75) is 46.2 Å². The van der Waals surface area contributed by atoms with Gasteiger partial charge in [0.2, 0.25) is 11.9 Å². The topological polar surface area (TPSA) is 167 Å². The number of benzene rings is 1. The van der Waals surface area contributed by atoms with Crippen LogP contribution in [-0.2, 0) is 17.8 Å².